The summed E-state index contributed by atoms with van der Waals surface area (Å²) in [6, 6.07) is 1.92. The smallest absolute Gasteiger partial charge is 0.317 e. The Bertz CT molecular complexity index is 2540. The number of carbonyl (C=O) groups is 4. The molecule has 1 heterocycles. The van der Waals surface area contributed by atoms with E-state index in [1.54, 1.807) is 13.0 Å². The molecule has 1 aromatic rings. The Morgan fingerprint density at radius 1 is 0.619 bits per heavy atom. The van der Waals surface area contributed by atoms with E-state index in [0.717, 1.165) is 80.9 Å². The van der Waals surface area contributed by atoms with Crippen molar-refractivity contribution in [1.82, 2.24) is 0 Å². The zero-order valence-electron chi connectivity index (χ0n) is 40.1. The van der Waals surface area contributed by atoms with Crippen molar-refractivity contribution in [2.24, 2.45) is 61.6 Å². The fourth-order valence-electron chi connectivity index (χ4n) is 17.9. The number of carbonyl (C=O) groups excluding carboxylic acids is 4. The number of hydrogen-bond donors (Lipinski definition) is 1. The van der Waals surface area contributed by atoms with Crippen molar-refractivity contribution in [3.63, 3.8) is 0 Å². The predicted octanol–water partition coefficient (Wildman–Crippen LogP) is 11.4. The number of aliphatic hydroxyl groups is 1. The molecule has 0 unspecified atom stereocenters. The molecule has 14 atom stereocenters. The maximum absolute atomic E-state index is 14.8. The van der Waals surface area contributed by atoms with Crippen molar-refractivity contribution in [1.29, 1.82) is 0 Å². The number of allylic oxidation sites excluding steroid dienone is 5. The minimum absolute atomic E-state index is 0.0102. The Hall–Kier alpha value is -3.58. The number of benzene rings is 1. The Morgan fingerprint density at radius 3 is 1.73 bits per heavy atom. The van der Waals surface area contributed by atoms with E-state index >= 15 is 0 Å². The normalized spacial score (nSPS) is 50.3. The topological polar surface area (TPSA) is 107 Å². The van der Waals surface area contributed by atoms with Gasteiger partial charge in [-0.3, -0.25) is 19.2 Å². The average molecular weight is 855 g/mol. The number of rotatable bonds is 0. The first-order chi connectivity index (χ1) is 29.2. The van der Waals surface area contributed by atoms with E-state index in [0.29, 0.717) is 58.9 Å². The summed E-state index contributed by atoms with van der Waals surface area (Å²) in [5.41, 5.74) is 3.21. The number of Topliss-reactive ketones (excluding diaryl/α,β-unsaturated/α-hetero) is 2. The highest BCUT2D eigenvalue weighted by molar-refractivity contribution is 6.10. The molecule has 7 heteroatoms. The van der Waals surface area contributed by atoms with E-state index in [9.17, 15) is 24.3 Å². The van der Waals surface area contributed by atoms with Crippen molar-refractivity contribution in [2.75, 3.05) is 0 Å². The van der Waals surface area contributed by atoms with Crippen LogP contribution < -0.4 is 9.47 Å². The number of hydrogen-bond acceptors (Lipinski definition) is 7. The minimum Gasteiger partial charge on any atom is -0.471 e. The molecule has 7 nitrogen and oxygen atoms in total. The summed E-state index contributed by atoms with van der Waals surface area (Å²) in [4.78, 5) is 55.8. The lowest BCUT2D eigenvalue weighted by atomic mass is 9.35. The summed E-state index contributed by atoms with van der Waals surface area (Å²) in [5.74, 6) is -0.492. The van der Waals surface area contributed by atoms with Crippen molar-refractivity contribution in [3.05, 3.63) is 69.4 Å². The van der Waals surface area contributed by atoms with Crippen LogP contribution in [-0.4, -0.2) is 39.6 Å². The van der Waals surface area contributed by atoms with E-state index in [1.165, 1.54) is 11.1 Å². The van der Waals surface area contributed by atoms with E-state index in [2.05, 4.69) is 81.4 Å². The minimum atomic E-state index is -2.33. The van der Waals surface area contributed by atoms with Crippen LogP contribution in [0.5, 0.6) is 11.5 Å². The molecule has 0 amide bonds. The standard InChI is InChI=1S/C56H70O7/c1-30-23-41-47(4,28-37(30)58)15-19-51(8)40-14-13-33-34(49(40,6)17-21-52(41,51)9)26-44(60)56(61)55(33,12)63-46-32(3)45-35(25-39(46)62-56)50(7)18-22-53(10)42-24-31(2)38(59)29-48(42,5)16-20-54(53,11)43(50)27-36(45)57/h13-14,25-27,30-31,41-42,61H,15-24,28-29H2,1-12H3/t30-,31-,41-,42-,47+,48+,49+,50+,51-,52+,53+,54-,55+,56-/m1/s1. The van der Waals surface area contributed by atoms with Gasteiger partial charge in [0.2, 0.25) is 11.4 Å². The second-order valence-electron chi connectivity index (χ2n) is 25.3. The Labute approximate surface area is 375 Å². The molecular formula is C56H70O7. The summed E-state index contributed by atoms with van der Waals surface area (Å²) in [6.07, 6.45) is 18.5. The van der Waals surface area contributed by atoms with Gasteiger partial charge in [-0.25, -0.2) is 0 Å². The average Bonchev–Trinajstić information content (AvgIpc) is 3.21. The van der Waals surface area contributed by atoms with Gasteiger partial charge in [-0.1, -0.05) is 87.0 Å². The van der Waals surface area contributed by atoms with Crippen LogP contribution >= 0.6 is 0 Å². The molecule has 10 aliphatic rings. The van der Waals surface area contributed by atoms with E-state index in [1.807, 2.05) is 19.1 Å². The molecule has 9 aliphatic carbocycles. The van der Waals surface area contributed by atoms with Crippen LogP contribution in [0, 0.1) is 68.5 Å². The molecule has 336 valence electrons. The first-order valence-corrected chi connectivity index (χ1v) is 24.5. The van der Waals surface area contributed by atoms with Gasteiger partial charge in [-0.05, 0) is 157 Å². The molecule has 0 aromatic heterocycles. The van der Waals surface area contributed by atoms with Gasteiger partial charge in [0.1, 0.15) is 11.6 Å². The second-order valence-corrected chi connectivity index (χ2v) is 25.3. The molecule has 0 spiro atoms. The Morgan fingerprint density at radius 2 is 1.16 bits per heavy atom. The molecule has 0 saturated heterocycles. The summed E-state index contributed by atoms with van der Waals surface area (Å²) in [7, 11) is 0. The van der Waals surface area contributed by atoms with Gasteiger partial charge in [0.25, 0.3) is 0 Å². The SMILES string of the molecule is Cc1c2c(cc3c1C(=O)C=C1[C@@]3(C)CC[C@@]3(C)[C@@H]4C[C@@H](C)C(=O)C[C@]4(C)CC[C@]13C)O[C@]1(O)C(=O)C=C3C(=CC=C4[C@@]3(C)CC[C@@]3(C)[C@@H]5C[C@@H](C)C(=O)C[C@]5(C)CC[C@]43C)[C@]1(C)O2. The molecular weight excluding hydrogens is 785 g/mol. The monoisotopic (exact) mass is 855 g/mol. The maximum Gasteiger partial charge on any atom is 0.317 e. The zero-order chi connectivity index (χ0) is 45.2. The Kier molecular flexibility index (Phi) is 8.05. The van der Waals surface area contributed by atoms with Gasteiger partial charge >= 0.3 is 5.79 Å². The van der Waals surface area contributed by atoms with Crippen LogP contribution in [0.4, 0.5) is 0 Å². The van der Waals surface area contributed by atoms with Crippen LogP contribution in [-0.2, 0) is 19.8 Å². The van der Waals surface area contributed by atoms with Gasteiger partial charge in [0.15, 0.2) is 17.3 Å². The first kappa shape index (κ1) is 42.1. The van der Waals surface area contributed by atoms with Gasteiger partial charge in [0, 0.05) is 52.2 Å². The molecule has 6 fully saturated rings. The lowest BCUT2D eigenvalue weighted by Gasteiger charge is -2.69. The summed E-state index contributed by atoms with van der Waals surface area (Å²) in [6.45, 7) is 26.9. The van der Waals surface area contributed by atoms with E-state index < -0.39 is 28.0 Å². The van der Waals surface area contributed by atoms with Gasteiger partial charge in [-0.15, -0.1) is 0 Å². The number of ketones is 4. The van der Waals surface area contributed by atoms with Crippen molar-refractivity contribution >= 4 is 23.1 Å². The fraction of sp³-hybridized carbons (Fsp3) is 0.679. The molecule has 6 saturated carbocycles. The predicted molar refractivity (Wildman–Crippen MR) is 242 cm³/mol. The van der Waals surface area contributed by atoms with Crippen LogP contribution in [0.2, 0.25) is 0 Å². The highest BCUT2D eigenvalue weighted by Gasteiger charge is 2.72. The molecule has 1 aromatic carbocycles. The highest BCUT2D eigenvalue weighted by Crippen LogP contribution is 2.77. The van der Waals surface area contributed by atoms with Crippen LogP contribution in [0.25, 0.3) is 0 Å². The van der Waals surface area contributed by atoms with Crippen LogP contribution in [0.3, 0.4) is 0 Å². The maximum atomic E-state index is 14.8. The lowest BCUT2D eigenvalue weighted by molar-refractivity contribution is -0.231. The number of ether oxygens (including phenoxy) is 2. The largest absolute Gasteiger partial charge is 0.471 e. The summed E-state index contributed by atoms with van der Waals surface area (Å²) < 4.78 is 13.8. The fourth-order valence-corrected chi connectivity index (χ4v) is 17.9. The molecule has 1 aliphatic heterocycles. The van der Waals surface area contributed by atoms with Gasteiger partial charge < -0.3 is 14.6 Å². The van der Waals surface area contributed by atoms with Crippen molar-refractivity contribution < 1.29 is 33.8 Å². The van der Waals surface area contributed by atoms with Gasteiger partial charge in [-0.2, -0.15) is 0 Å². The van der Waals surface area contributed by atoms with Crippen LogP contribution in [0.1, 0.15) is 175 Å². The first-order valence-electron chi connectivity index (χ1n) is 24.5. The Balaban J connectivity index is 0.986. The van der Waals surface area contributed by atoms with Crippen LogP contribution in [0.15, 0.2) is 52.7 Å². The summed E-state index contributed by atoms with van der Waals surface area (Å²) >= 11 is 0. The number of fused-ring (bicyclic) bond motifs is 17. The molecule has 11 rings (SSSR count). The summed E-state index contributed by atoms with van der Waals surface area (Å²) in [5, 5.41) is 12.8. The molecule has 63 heavy (non-hydrogen) atoms. The third-order valence-electron chi connectivity index (χ3n) is 22.5. The molecule has 0 bridgehead atoms. The second kappa shape index (κ2) is 12.1. The van der Waals surface area contributed by atoms with E-state index in [-0.39, 0.29) is 50.1 Å². The van der Waals surface area contributed by atoms with Crippen molar-refractivity contribution in [2.45, 2.75) is 177 Å². The van der Waals surface area contributed by atoms with Gasteiger partial charge in [0.05, 0.1) is 0 Å². The third-order valence-corrected chi connectivity index (χ3v) is 22.5. The molecule has 0 radical (unpaired) electrons. The van der Waals surface area contributed by atoms with E-state index in [4.69, 9.17) is 9.47 Å². The van der Waals surface area contributed by atoms with Crippen molar-refractivity contribution in [3.8, 4) is 11.5 Å². The quantitative estimate of drug-likeness (QED) is 0.277. The third kappa shape index (κ3) is 4.63. The highest BCUT2D eigenvalue weighted by atomic mass is 16.7. The molecule has 1 N–H and O–H groups in total. The lowest BCUT2D eigenvalue weighted by Crippen LogP contribution is -2.70. The zero-order valence-corrected chi connectivity index (χ0v) is 40.1.